The van der Waals surface area contributed by atoms with Crippen molar-refractivity contribution in [3.8, 4) is 0 Å². The van der Waals surface area contributed by atoms with E-state index in [1.807, 2.05) is 42.2 Å². The van der Waals surface area contributed by atoms with Gasteiger partial charge >= 0.3 is 5.97 Å². The van der Waals surface area contributed by atoms with E-state index in [2.05, 4.69) is 36.0 Å². The lowest BCUT2D eigenvalue weighted by molar-refractivity contribution is -0.153. The van der Waals surface area contributed by atoms with Gasteiger partial charge in [-0.3, -0.25) is 14.4 Å². The van der Waals surface area contributed by atoms with Crippen LogP contribution < -0.4 is 0 Å². The Morgan fingerprint density at radius 3 is 2.64 bits per heavy atom. The molecule has 1 aromatic carbocycles. The van der Waals surface area contributed by atoms with Crippen molar-refractivity contribution in [1.29, 1.82) is 0 Å². The first-order valence-corrected chi connectivity index (χ1v) is 15.5. The third-order valence-electron chi connectivity index (χ3n) is 8.34. The first kappa shape index (κ1) is 29.9. The number of aliphatic hydroxyl groups is 1. The summed E-state index contributed by atoms with van der Waals surface area (Å²) in [6, 6.07) is 8.19. The van der Waals surface area contributed by atoms with Crippen LogP contribution in [0, 0.1) is 11.8 Å². The lowest BCUT2D eigenvalue weighted by Gasteiger charge is -2.41. The van der Waals surface area contributed by atoms with Gasteiger partial charge in [-0.05, 0) is 31.7 Å². The summed E-state index contributed by atoms with van der Waals surface area (Å²) in [5, 5.41) is 10.4. The van der Waals surface area contributed by atoms with E-state index in [9.17, 15) is 19.5 Å². The van der Waals surface area contributed by atoms with Crippen LogP contribution in [0.4, 0.5) is 0 Å². The van der Waals surface area contributed by atoms with Gasteiger partial charge in [0.15, 0.2) is 0 Å². The molecule has 0 radical (unpaired) electrons. The molecule has 212 valence electrons. The number of amides is 2. The highest BCUT2D eigenvalue weighted by atomic mass is 79.9. The summed E-state index contributed by atoms with van der Waals surface area (Å²) in [5.74, 6) is -2.22. The number of fused-ring (bicyclic) bond motifs is 1. The molecule has 4 rings (SSSR count). The molecular formula is C30H39BrN2O5S. The van der Waals surface area contributed by atoms with Gasteiger partial charge in [-0.25, -0.2) is 0 Å². The molecule has 9 heteroatoms. The maximum Gasteiger partial charge on any atom is 0.311 e. The topological polar surface area (TPSA) is 87.2 Å². The highest BCUT2D eigenvalue weighted by Gasteiger charge is 2.76. The Morgan fingerprint density at radius 1 is 1.31 bits per heavy atom. The zero-order valence-electron chi connectivity index (χ0n) is 22.7. The number of hydrogen-bond acceptors (Lipinski definition) is 6. The van der Waals surface area contributed by atoms with E-state index in [-0.39, 0.29) is 41.1 Å². The van der Waals surface area contributed by atoms with E-state index in [0.29, 0.717) is 19.4 Å². The van der Waals surface area contributed by atoms with Crippen molar-refractivity contribution in [2.45, 2.75) is 72.5 Å². The molecule has 0 aromatic heterocycles. The number of likely N-dealkylation sites (tertiary alicyclic amines) is 1. The molecule has 0 aliphatic carbocycles. The van der Waals surface area contributed by atoms with Crippen molar-refractivity contribution in [2.75, 3.05) is 19.8 Å². The molecule has 1 N–H and O–H groups in total. The SMILES string of the molecule is C=CCOC(=O)[C@H]1[C@@H]2SC3(CC2Br)C(C(=O)N(CC=C)C(C)CCC)N([C@@H](CO)Cc2ccccc2)C(=O)[C@H]13. The van der Waals surface area contributed by atoms with Crippen LogP contribution in [0.3, 0.4) is 0 Å². The van der Waals surface area contributed by atoms with Gasteiger partial charge in [-0.1, -0.05) is 78.3 Å². The van der Waals surface area contributed by atoms with Crippen molar-refractivity contribution < 1.29 is 24.2 Å². The molecule has 8 atom stereocenters. The van der Waals surface area contributed by atoms with Crippen LogP contribution in [0.2, 0.25) is 0 Å². The van der Waals surface area contributed by atoms with Crippen LogP contribution in [-0.4, -0.2) is 85.4 Å². The zero-order chi connectivity index (χ0) is 28.3. The van der Waals surface area contributed by atoms with Crippen molar-refractivity contribution in [2.24, 2.45) is 11.8 Å². The standard InChI is InChI=1S/C30H39BrN2O5S/c1-5-11-19(4)32(14-6-2)28(36)26-30-17-22(31)25(39-30)23(29(37)38-15-7-3)24(30)27(35)33(26)21(18-34)16-20-12-9-8-10-13-20/h6-10,12-13,19,21-26,34H,2-3,5,11,14-18H2,1,4H3/t19?,21-,22?,23-,24+,25-,26?,30?/m1/s1. The summed E-state index contributed by atoms with van der Waals surface area (Å²) >= 11 is 5.36. The second kappa shape index (κ2) is 12.6. The van der Waals surface area contributed by atoms with Gasteiger partial charge in [0.25, 0.3) is 0 Å². The summed E-state index contributed by atoms with van der Waals surface area (Å²) in [6.07, 6.45) is 5.93. The van der Waals surface area contributed by atoms with Gasteiger partial charge in [0.05, 0.1) is 29.2 Å². The molecule has 3 heterocycles. The molecule has 1 spiro atoms. The molecule has 2 bridgehead atoms. The van der Waals surface area contributed by atoms with Gasteiger partial charge in [0, 0.05) is 22.7 Å². The first-order chi connectivity index (χ1) is 18.7. The molecule has 4 unspecified atom stereocenters. The molecule has 7 nitrogen and oxygen atoms in total. The van der Waals surface area contributed by atoms with Crippen LogP contribution in [0.1, 0.15) is 38.7 Å². The molecule has 1 aromatic rings. The predicted octanol–water partition coefficient (Wildman–Crippen LogP) is 3.99. The highest BCUT2D eigenvalue weighted by Crippen LogP contribution is 2.68. The number of ether oxygens (including phenoxy) is 1. The Morgan fingerprint density at radius 2 is 2.03 bits per heavy atom. The van der Waals surface area contributed by atoms with E-state index in [0.717, 1.165) is 18.4 Å². The molecular weight excluding hydrogens is 580 g/mol. The van der Waals surface area contributed by atoms with Crippen LogP contribution in [-0.2, 0) is 25.5 Å². The molecule has 3 aliphatic rings. The Bertz CT molecular complexity index is 1090. The molecule has 39 heavy (non-hydrogen) atoms. The van der Waals surface area contributed by atoms with Crippen molar-refractivity contribution in [3.05, 3.63) is 61.2 Å². The third-order valence-corrected chi connectivity index (χ3v) is 11.6. The number of hydrogen-bond donors (Lipinski definition) is 1. The van der Waals surface area contributed by atoms with E-state index in [4.69, 9.17) is 4.74 Å². The molecule has 3 saturated heterocycles. The van der Waals surface area contributed by atoms with E-state index < -0.39 is 34.6 Å². The van der Waals surface area contributed by atoms with Gasteiger partial charge in [0.1, 0.15) is 12.6 Å². The smallest absolute Gasteiger partial charge is 0.311 e. The van der Waals surface area contributed by atoms with Crippen molar-refractivity contribution in [3.63, 3.8) is 0 Å². The fraction of sp³-hybridized carbons (Fsp3) is 0.567. The summed E-state index contributed by atoms with van der Waals surface area (Å²) in [6.45, 7) is 11.8. The fourth-order valence-corrected chi connectivity index (χ4v) is 10.3. The van der Waals surface area contributed by atoms with E-state index >= 15 is 0 Å². The minimum Gasteiger partial charge on any atom is -0.461 e. The monoisotopic (exact) mass is 618 g/mol. The maximum absolute atomic E-state index is 14.6. The van der Waals surface area contributed by atoms with Crippen LogP contribution >= 0.6 is 27.7 Å². The lowest BCUT2D eigenvalue weighted by Crippen LogP contribution is -2.59. The summed E-state index contributed by atoms with van der Waals surface area (Å²) < 4.78 is 4.67. The minimum atomic E-state index is -0.817. The number of benzene rings is 1. The lowest BCUT2D eigenvalue weighted by atomic mass is 9.71. The summed E-state index contributed by atoms with van der Waals surface area (Å²) in [4.78, 5) is 45.7. The average Bonchev–Trinajstić information content (AvgIpc) is 3.52. The second-order valence-corrected chi connectivity index (χ2v) is 13.5. The number of esters is 1. The Labute approximate surface area is 244 Å². The van der Waals surface area contributed by atoms with Gasteiger partial charge < -0.3 is 19.6 Å². The average molecular weight is 620 g/mol. The van der Waals surface area contributed by atoms with Crippen LogP contribution in [0.25, 0.3) is 0 Å². The number of thioether (sulfide) groups is 1. The highest BCUT2D eigenvalue weighted by molar-refractivity contribution is 9.09. The Hall–Kier alpha value is -2.10. The second-order valence-electron chi connectivity index (χ2n) is 10.8. The van der Waals surface area contributed by atoms with Crippen LogP contribution in [0.15, 0.2) is 55.6 Å². The number of aliphatic hydroxyl groups excluding tert-OH is 1. The fourth-order valence-electron chi connectivity index (χ4n) is 6.74. The Balaban J connectivity index is 1.81. The Kier molecular flexibility index (Phi) is 9.65. The molecule has 3 fully saturated rings. The number of halogens is 1. The van der Waals surface area contributed by atoms with Crippen molar-refractivity contribution >= 4 is 45.5 Å². The number of carbonyl (C=O) groups is 3. The quantitative estimate of drug-likeness (QED) is 0.204. The third kappa shape index (κ3) is 5.34. The van der Waals surface area contributed by atoms with Crippen molar-refractivity contribution in [1.82, 2.24) is 9.80 Å². The maximum atomic E-state index is 14.6. The summed E-state index contributed by atoms with van der Waals surface area (Å²) in [5.41, 5.74) is 0.963. The number of alkyl halides is 1. The van der Waals surface area contributed by atoms with Crippen LogP contribution in [0.5, 0.6) is 0 Å². The molecule has 2 amide bonds. The van der Waals surface area contributed by atoms with Gasteiger partial charge in [-0.15, -0.1) is 18.3 Å². The van der Waals surface area contributed by atoms with E-state index in [1.54, 1.807) is 22.7 Å². The predicted molar refractivity (Wildman–Crippen MR) is 158 cm³/mol. The largest absolute Gasteiger partial charge is 0.461 e. The zero-order valence-corrected chi connectivity index (χ0v) is 25.1. The number of rotatable bonds is 13. The van der Waals surface area contributed by atoms with Gasteiger partial charge in [-0.2, -0.15) is 0 Å². The normalized spacial score (nSPS) is 30.5. The number of nitrogens with zero attached hydrogens (tertiary/aromatic N) is 2. The molecule has 3 aliphatic heterocycles. The first-order valence-electron chi connectivity index (χ1n) is 13.7. The summed E-state index contributed by atoms with van der Waals surface area (Å²) in [7, 11) is 0. The minimum absolute atomic E-state index is 0.0497. The molecule has 0 saturated carbocycles. The van der Waals surface area contributed by atoms with Gasteiger partial charge in [0.2, 0.25) is 11.8 Å². The number of carbonyl (C=O) groups excluding carboxylic acids is 3. The van der Waals surface area contributed by atoms with E-state index in [1.165, 1.54) is 6.08 Å².